The van der Waals surface area contributed by atoms with Gasteiger partial charge in [-0.1, -0.05) is 12.1 Å². The summed E-state index contributed by atoms with van der Waals surface area (Å²) in [7, 11) is 0. The van der Waals surface area contributed by atoms with E-state index in [4.69, 9.17) is 8.94 Å². The lowest BCUT2D eigenvalue weighted by molar-refractivity contribution is -0.122. The van der Waals surface area contributed by atoms with Crippen LogP contribution in [0.4, 0.5) is 0 Å². The molecule has 7 nitrogen and oxygen atoms in total. The van der Waals surface area contributed by atoms with Crippen molar-refractivity contribution in [1.29, 1.82) is 0 Å². The van der Waals surface area contributed by atoms with E-state index in [1.165, 1.54) is 6.42 Å². The predicted octanol–water partition coefficient (Wildman–Crippen LogP) is 2.25. The second kappa shape index (κ2) is 8.10. The zero-order valence-electron chi connectivity index (χ0n) is 14.0. The number of nitrogens with zero attached hydrogens (tertiary/aromatic N) is 3. The van der Waals surface area contributed by atoms with Crippen molar-refractivity contribution in [3.8, 4) is 11.6 Å². The molecule has 1 amide bonds. The van der Waals surface area contributed by atoms with E-state index in [1.807, 2.05) is 0 Å². The van der Waals surface area contributed by atoms with E-state index in [-0.39, 0.29) is 11.9 Å². The Balaban J connectivity index is 1.40. The number of rotatable bonds is 7. The Kier molecular flexibility index (Phi) is 5.63. The Bertz CT molecular complexity index is 630. The Labute approximate surface area is 141 Å². The largest absolute Gasteiger partial charge is 0.461 e. The molecule has 7 heteroatoms. The van der Waals surface area contributed by atoms with Gasteiger partial charge in [0, 0.05) is 32.0 Å². The van der Waals surface area contributed by atoms with E-state index in [1.54, 1.807) is 18.4 Å². The zero-order valence-corrected chi connectivity index (χ0v) is 14.0. The first-order chi connectivity index (χ1) is 11.7. The van der Waals surface area contributed by atoms with E-state index in [0.717, 1.165) is 32.5 Å². The lowest BCUT2D eigenvalue weighted by Crippen LogP contribution is -2.44. The van der Waals surface area contributed by atoms with Crippen LogP contribution >= 0.6 is 0 Å². The van der Waals surface area contributed by atoms with Crippen LogP contribution in [0.3, 0.4) is 0 Å². The molecule has 0 atom stereocenters. The highest BCUT2D eigenvalue weighted by Crippen LogP contribution is 2.16. The van der Waals surface area contributed by atoms with Gasteiger partial charge in [-0.15, -0.1) is 0 Å². The molecule has 3 heterocycles. The topological polar surface area (TPSA) is 84.4 Å². The van der Waals surface area contributed by atoms with Gasteiger partial charge in [-0.2, -0.15) is 4.98 Å². The Morgan fingerprint density at radius 3 is 2.96 bits per heavy atom. The summed E-state index contributed by atoms with van der Waals surface area (Å²) in [6, 6.07) is 3.82. The summed E-state index contributed by atoms with van der Waals surface area (Å²) in [6.45, 7) is 5.47. The first-order valence-electron chi connectivity index (χ1n) is 8.62. The van der Waals surface area contributed by atoms with Gasteiger partial charge in [0.05, 0.1) is 6.26 Å². The Morgan fingerprint density at radius 2 is 2.25 bits per heavy atom. The molecule has 0 aromatic carbocycles. The van der Waals surface area contributed by atoms with Gasteiger partial charge >= 0.3 is 0 Å². The van der Waals surface area contributed by atoms with Gasteiger partial charge < -0.3 is 19.2 Å². The quantitative estimate of drug-likeness (QED) is 0.837. The van der Waals surface area contributed by atoms with E-state index >= 15 is 0 Å². The summed E-state index contributed by atoms with van der Waals surface area (Å²) in [5.74, 6) is 1.48. The van der Waals surface area contributed by atoms with Crippen LogP contribution in [0, 0.1) is 0 Å². The van der Waals surface area contributed by atoms with Crippen molar-refractivity contribution in [2.24, 2.45) is 0 Å². The van der Waals surface area contributed by atoms with Crippen LogP contribution in [0.1, 0.15) is 38.5 Å². The van der Waals surface area contributed by atoms with Gasteiger partial charge in [-0.25, -0.2) is 0 Å². The number of carbonyl (C=O) groups is 1. The van der Waals surface area contributed by atoms with Gasteiger partial charge in [-0.3, -0.25) is 4.79 Å². The van der Waals surface area contributed by atoms with E-state index < -0.39 is 0 Å². The zero-order chi connectivity index (χ0) is 16.8. The molecule has 0 unspecified atom stereocenters. The van der Waals surface area contributed by atoms with Gasteiger partial charge in [0.1, 0.15) is 0 Å². The normalized spacial score (nSPS) is 16.4. The fourth-order valence-electron chi connectivity index (χ4n) is 3.00. The summed E-state index contributed by atoms with van der Waals surface area (Å²) in [5.41, 5.74) is 0. The summed E-state index contributed by atoms with van der Waals surface area (Å²) in [5, 5.41) is 6.97. The van der Waals surface area contributed by atoms with Crippen molar-refractivity contribution in [2.75, 3.05) is 19.6 Å². The Morgan fingerprint density at radius 1 is 1.42 bits per heavy atom. The van der Waals surface area contributed by atoms with Crippen molar-refractivity contribution >= 4 is 5.91 Å². The van der Waals surface area contributed by atoms with Crippen molar-refractivity contribution in [2.45, 2.75) is 45.1 Å². The lowest BCUT2D eigenvalue weighted by atomic mass is 10.0. The minimum absolute atomic E-state index is 0.0432. The monoisotopic (exact) mass is 332 g/mol. The summed E-state index contributed by atoms with van der Waals surface area (Å²) in [4.78, 5) is 18.8. The van der Waals surface area contributed by atoms with Crippen LogP contribution < -0.4 is 5.32 Å². The first kappa shape index (κ1) is 16.7. The second-order valence-corrected chi connectivity index (χ2v) is 6.17. The standard InChI is InChI=1S/C17H24N4O3/c1-2-9-21-10-7-13(8-11-21)18-15(22)5-6-16-19-17(20-24-16)14-4-3-12-23-14/h3-4,12-13H,2,5-11H2,1H3,(H,18,22). The van der Waals surface area contributed by atoms with Crippen molar-refractivity contribution in [3.63, 3.8) is 0 Å². The molecular weight excluding hydrogens is 308 g/mol. The molecule has 0 aliphatic carbocycles. The first-order valence-corrected chi connectivity index (χ1v) is 8.62. The average molecular weight is 332 g/mol. The SMILES string of the molecule is CCCN1CCC(NC(=O)CCc2nc(-c3ccco3)no2)CC1. The van der Waals surface area contributed by atoms with Crippen LogP contribution in [0.2, 0.25) is 0 Å². The minimum atomic E-state index is 0.0432. The predicted molar refractivity (Wildman–Crippen MR) is 88.2 cm³/mol. The van der Waals surface area contributed by atoms with Gasteiger partial charge in [-0.05, 0) is 37.9 Å². The van der Waals surface area contributed by atoms with Crippen LogP contribution in [-0.4, -0.2) is 46.6 Å². The molecule has 1 aliphatic heterocycles. The molecule has 1 saturated heterocycles. The van der Waals surface area contributed by atoms with Gasteiger partial charge in [0.25, 0.3) is 0 Å². The van der Waals surface area contributed by atoms with Crippen LogP contribution in [0.25, 0.3) is 11.6 Å². The number of furan rings is 1. The number of nitrogens with one attached hydrogen (secondary N) is 1. The molecule has 130 valence electrons. The lowest BCUT2D eigenvalue weighted by Gasteiger charge is -2.32. The fraction of sp³-hybridized carbons (Fsp3) is 0.588. The third-order valence-corrected chi connectivity index (χ3v) is 4.27. The molecule has 2 aromatic rings. The highest BCUT2D eigenvalue weighted by molar-refractivity contribution is 5.76. The molecule has 3 rings (SSSR count). The number of aryl methyl sites for hydroxylation is 1. The maximum Gasteiger partial charge on any atom is 0.238 e. The van der Waals surface area contributed by atoms with E-state index in [0.29, 0.717) is 30.3 Å². The molecule has 1 fully saturated rings. The summed E-state index contributed by atoms with van der Waals surface area (Å²) < 4.78 is 10.4. The molecule has 1 N–H and O–H groups in total. The number of piperidine rings is 1. The smallest absolute Gasteiger partial charge is 0.238 e. The maximum atomic E-state index is 12.1. The number of hydrogen-bond donors (Lipinski definition) is 1. The van der Waals surface area contributed by atoms with Crippen LogP contribution in [0.15, 0.2) is 27.3 Å². The fourth-order valence-corrected chi connectivity index (χ4v) is 3.00. The molecule has 24 heavy (non-hydrogen) atoms. The van der Waals surface area contributed by atoms with Gasteiger partial charge in [0.15, 0.2) is 5.76 Å². The molecular formula is C17H24N4O3. The number of hydrogen-bond acceptors (Lipinski definition) is 6. The average Bonchev–Trinajstić information content (AvgIpc) is 3.26. The maximum absolute atomic E-state index is 12.1. The molecule has 0 radical (unpaired) electrons. The molecule has 0 saturated carbocycles. The second-order valence-electron chi connectivity index (χ2n) is 6.17. The van der Waals surface area contributed by atoms with Crippen LogP contribution in [-0.2, 0) is 11.2 Å². The summed E-state index contributed by atoms with van der Waals surface area (Å²) in [6.07, 6.45) is 5.58. The number of likely N-dealkylation sites (tertiary alicyclic amines) is 1. The van der Waals surface area contributed by atoms with Crippen LogP contribution in [0.5, 0.6) is 0 Å². The molecule has 1 aliphatic rings. The molecule has 0 bridgehead atoms. The molecule has 0 spiro atoms. The number of amides is 1. The Hall–Kier alpha value is -2.15. The highest BCUT2D eigenvalue weighted by atomic mass is 16.5. The van der Waals surface area contributed by atoms with Crippen molar-refractivity contribution < 1.29 is 13.7 Å². The highest BCUT2D eigenvalue weighted by Gasteiger charge is 2.20. The third-order valence-electron chi connectivity index (χ3n) is 4.27. The van der Waals surface area contributed by atoms with Crippen molar-refractivity contribution in [1.82, 2.24) is 20.4 Å². The summed E-state index contributed by atoms with van der Waals surface area (Å²) >= 11 is 0. The van der Waals surface area contributed by atoms with Crippen molar-refractivity contribution in [3.05, 3.63) is 24.3 Å². The van der Waals surface area contributed by atoms with Gasteiger partial charge in [0.2, 0.25) is 17.6 Å². The number of aromatic nitrogens is 2. The van der Waals surface area contributed by atoms with E-state index in [2.05, 4.69) is 27.3 Å². The minimum Gasteiger partial charge on any atom is -0.461 e. The van der Waals surface area contributed by atoms with E-state index in [9.17, 15) is 4.79 Å². The molecule has 2 aromatic heterocycles. The number of carbonyl (C=O) groups excluding carboxylic acids is 1. The third kappa shape index (κ3) is 4.44.